The fraction of sp³-hybridized carbons (Fsp3) is 0.286. The predicted molar refractivity (Wildman–Crippen MR) is 117 cm³/mol. The lowest BCUT2D eigenvalue weighted by molar-refractivity contribution is -0.119. The highest BCUT2D eigenvalue weighted by Crippen LogP contribution is 2.31. The molecule has 168 valence electrons. The van der Waals surface area contributed by atoms with Gasteiger partial charge in [0, 0.05) is 29.6 Å². The van der Waals surface area contributed by atoms with Gasteiger partial charge < -0.3 is 15.0 Å². The summed E-state index contributed by atoms with van der Waals surface area (Å²) in [5, 5.41) is 4.53. The molecule has 11 heteroatoms. The minimum Gasteiger partial charge on any atom is -0.484 e. The summed E-state index contributed by atoms with van der Waals surface area (Å²) in [5.41, 5.74) is 5.80. The average Bonchev–Trinajstić information content (AvgIpc) is 3.29. The third-order valence-electron chi connectivity index (χ3n) is 5.19. The largest absolute Gasteiger partial charge is 0.484 e. The van der Waals surface area contributed by atoms with Gasteiger partial charge in [-0.2, -0.15) is 9.29 Å². The number of carbonyl (C=O) groups excluding carboxylic acids is 1. The molecule has 2 aromatic carbocycles. The van der Waals surface area contributed by atoms with E-state index < -0.39 is 15.9 Å². The molecule has 9 nitrogen and oxygen atoms in total. The molecule has 0 radical (unpaired) electrons. The lowest BCUT2D eigenvalue weighted by Crippen LogP contribution is -2.37. The fourth-order valence-electron chi connectivity index (χ4n) is 3.47. The number of piperidine rings is 1. The van der Waals surface area contributed by atoms with Crippen molar-refractivity contribution in [3.63, 3.8) is 0 Å². The molecule has 1 aromatic heterocycles. The van der Waals surface area contributed by atoms with Crippen molar-refractivity contribution in [1.82, 2.24) is 14.4 Å². The Morgan fingerprint density at radius 3 is 2.41 bits per heavy atom. The van der Waals surface area contributed by atoms with Crippen molar-refractivity contribution in [3.8, 4) is 17.1 Å². The maximum Gasteiger partial charge on any atom is 0.255 e. The van der Waals surface area contributed by atoms with Crippen LogP contribution in [0.4, 0.5) is 0 Å². The summed E-state index contributed by atoms with van der Waals surface area (Å²) in [5.74, 6) is 0.843. The zero-order chi connectivity index (χ0) is 22.7. The Bertz CT molecular complexity index is 1190. The molecule has 1 fully saturated rings. The van der Waals surface area contributed by atoms with E-state index in [0.717, 1.165) is 5.56 Å². The molecule has 1 saturated heterocycles. The van der Waals surface area contributed by atoms with Gasteiger partial charge in [-0.1, -0.05) is 16.8 Å². The van der Waals surface area contributed by atoms with Gasteiger partial charge in [-0.3, -0.25) is 4.79 Å². The molecule has 2 N–H and O–H groups in total. The van der Waals surface area contributed by atoms with Crippen molar-refractivity contribution < 1.29 is 22.5 Å². The topological polar surface area (TPSA) is 129 Å². The van der Waals surface area contributed by atoms with Gasteiger partial charge >= 0.3 is 0 Å². The van der Waals surface area contributed by atoms with E-state index in [1.165, 1.54) is 16.4 Å². The van der Waals surface area contributed by atoms with Crippen molar-refractivity contribution >= 4 is 27.5 Å². The van der Waals surface area contributed by atoms with E-state index in [9.17, 15) is 13.2 Å². The van der Waals surface area contributed by atoms with E-state index in [4.69, 9.17) is 26.6 Å². The lowest BCUT2D eigenvalue weighted by atomic mass is 9.98. The summed E-state index contributed by atoms with van der Waals surface area (Å²) >= 11 is 5.86. The number of rotatable bonds is 7. The van der Waals surface area contributed by atoms with Gasteiger partial charge in [0.25, 0.3) is 5.91 Å². The number of carbonyl (C=O) groups is 1. The Balaban J connectivity index is 1.39. The number of ether oxygens (including phenoxy) is 1. The molecular formula is C21H21ClN4O5S. The Kier molecular flexibility index (Phi) is 6.45. The molecule has 0 unspecified atom stereocenters. The van der Waals surface area contributed by atoms with E-state index in [1.54, 1.807) is 36.4 Å². The molecule has 0 atom stereocenters. The number of sulfonamides is 1. The number of nitrogens with zero attached hydrogens (tertiary/aromatic N) is 3. The first kappa shape index (κ1) is 22.3. The highest BCUT2D eigenvalue weighted by molar-refractivity contribution is 7.89. The monoisotopic (exact) mass is 476 g/mol. The van der Waals surface area contributed by atoms with Crippen molar-refractivity contribution in [1.29, 1.82) is 0 Å². The molecule has 3 aromatic rings. The van der Waals surface area contributed by atoms with Gasteiger partial charge in [0.2, 0.25) is 21.7 Å². The van der Waals surface area contributed by atoms with Gasteiger partial charge in [0.05, 0.1) is 4.90 Å². The van der Waals surface area contributed by atoms with Crippen LogP contribution >= 0.6 is 11.6 Å². The smallest absolute Gasteiger partial charge is 0.255 e. The van der Waals surface area contributed by atoms with Crippen LogP contribution in [0, 0.1) is 0 Å². The van der Waals surface area contributed by atoms with Crippen molar-refractivity contribution in [3.05, 3.63) is 59.4 Å². The molecule has 0 bridgehead atoms. The van der Waals surface area contributed by atoms with Crippen LogP contribution < -0.4 is 10.5 Å². The van der Waals surface area contributed by atoms with Crippen LogP contribution in [0.15, 0.2) is 57.9 Å². The van der Waals surface area contributed by atoms with E-state index in [0.29, 0.717) is 48.4 Å². The Morgan fingerprint density at radius 2 is 1.78 bits per heavy atom. The minimum atomic E-state index is -3.57. The van der Waals surface area contributed by atoms with Crippen molar-refractivity contribution in [2.75, 3.05) is 19.7 Å². The minimum absolute atomic E-state index is 0.0221. The predicted octanol–water partition coefficient (Wildman–Crippen LogP) is 2.82. The highest BCUT2D eigenvalue weighted by atomic mass is 35.5. The molecular weight excluding hydrogens is 456 g/mol. The van der Waals surface area contributed by atoms with Gasteiger partial charge in [0.1, 0.15) is 5.75 Å². The average molecular weight is 477 g/mol. The standard InChI is InChI=1S/C21H21ClN4O5S/c22-16-3-7-18(8-4-16)32(28,29)26-11-9-15(10-12-26)21-24-20(25-31-21)14-1-5-17(6-2-14)30-13-19(23)27/h1-8,15H,9-13H2,(H2,23,27). The summed E-state index contributed by atoms with van der Waals surface area (Å²) in [6.07, 6.45) is 1.16. The number of primary amides is 1. The van der Waals surface area contributed by atoms with Crippen LogP contribution in [0.5, 0.6) is 5.75 Å². The zero-order valence-corrected chi connectivity index (χ0v) is 18.6. The normalized spacial score (nSPS) is 15.5. The van der Waals surface area contributed by atoms with Gasteiger partial charge in [-0.25, -0.2) is 8.42 Å². The maximum atomic E-state index is 12.8. The van der Waals surface area contributed by atoms with Gasteiger partial charge in [0.15, 0.2) is 6.61 Å². The van der Waals surface area contributed by atoms with Crippen LogP contribution in [0.1, 0.15) is 24.7 Å². The molecule has 0 spiro atoms. The first-order chi connectivity index (χ1) is 15.3. The van der Waals surface area contributed by atoms with Crippen LogP contribution in [-0.4, -0.2) is 48.5 Å². The Labute approximate surface area is 190 Å². The zero-order valence-electron chi connectivity index (χ0n) is 17.0. The molecule has 2 heterocycles. The molecule has 1 amide bonds. The second-order valence-electron chi connectivity index (χ2n) is 7.37. The number of hydrogen-bond donors (Lipinski definition) is 1. The van der Waals surface area contributed by atoms with E-state index in [1.807, 2.05) is 0 Å². The molecule has 4 rings (SSSR count). The molecule has 1 aliphatic rings. The van der Waals surface area contributed by atoms with Crippen LogP contribution in [0.3, 0.4) is 0 Å². The van der Waals surface area contributed by atoms with Crippen LogP contribution in [-0.2, 0) is 14.8 Å². The number of benzene rings is 2. The third-order valence-corrected chi connectivity index (χ3v) is 7.35. The fourth-order valence-corrected chi connectivity index (χ4v) is 5.07. The summed E-state index contributed by atoms with van der Waals surface area (Å²) in [4.78, 5) is 15.5. The second-order valence-corrected chi connectivity index (χ2v) is 9.74. The quantitative estimate of drug-likeness (QED) is 0.555. The van der Waals surface area contributed by atoms with Crippen LogP contribution in [0.25, 0.3) is 11.4 Å². The van der Waals surface area contributed by atoms with E-state index >= 15 is 0 Å². The Morgan fingerprint density at radius 1 is 1.12 bits per heavy atom. The SMILES string of the molecule is NC(=O)COc1ccc(-c2noc(C3CCN(S(=O)(=O)c4ccc(Cl)cc4)CC3)n2)cc1. The van der Waals surface area contributed by atoms with Gasteiger partial charge in [-0.15, -0.1) is 0 Å². The number of halogens is 1. The first-order valence-electron chi connectivity index (χ1n) is 9.94. The second kappa shape index (κ2) is 9.27. The summed E-state index contributed by atoms with van der Waals surface area (Å²) in [6, 6.07) is 13.0. The lowest BCUT2D eigenvalue weighted by Gasteiger charge is -2.29. The Hall–Kier alpha value is -2.95. The number of hydrogen-bond acceptors (Lipinski definition) is 7. The first-order valence-corrected chi connectivity index (χ1v) is 11.8. The third kappa shape index (κ3) is 4.93. The summed E-state index contributed by atoms with van der Waals surface area (Å²) < 4.78 is 37.8. The van der Waals surface area contributed by atoms with Gasteiger partial charge in [-0.05, 0) is 61.4 Å². The van der Waals surface area contributed by atoms with Crippen LogP contribution in [0.2, 0.25) is 5.02 Å². The number of amides is 1. The van der Waals surface area contributed by atoms with E-state index in [-0.39, 0.29) is 17.4 Å². The molecule has 1 aliphatic heterocycles. The van der Waals surface area contributed by atoms with Crippen molar-refractivity contribution in [2.24, 2.45) is 5.73 Å². The summed E-state index contributed by atoms with van der Waals surface area (Å²) in [6.45, 7) is 0.524. The number of aromatic nitrogens is 2. The molecule has 32 heavy (non-hydrogen) atoms. The number of nitrogens with two attached hydrogens (primary N) is 1. The molecule has 0 saturated carbocycles. The highest BCUT2D eigenvalue weighted by Gasteiger charge is 2.32. The maximum absolute atomic E-state index is 12.8. The van der Waals surface area contributed by atoms with Crippen molar-refractivity contribution in [2.45, 2.75) is 23.7 Å². The molecule has 0 aliphatic carbocycles. The van der Waals surface area contributed by atoms with E-state index in [2.05, 4.69) is 10.1 Å². The summed E-state index contributed by atoms with van der Waals surface area (Å²) in [7, 11) is -3.57.